The summed E-state index contributed by atoms with van der Waals surface area (Å²) in [5, 5.41) is 1.04. The fourth-order valence-corrected chi connectivity index (χ4v) is 3.23. The van der Waals surface area contributed by atoms with Gasteiger partial charge >= 0.3 is 14.5 Å². The average molecular weight is 266 g/mol. The lowest BCUT2D eigenvalue weighted by Crippen LogP contribution is -2.50. The molecular formula is C13H18O4Si. The number of carbonyl (C=O) groups is 1. The highest BCUT2D eigenvalue weighted by Gasteiger charge is 2.32. The van der Waals surface area contributed by atoms with E-state index in [2.05, 4.69) is 6.58 Å². The molecule has 0 aliphatic heterocycles. The van der Waals surface area contributed by atoms with Crippen LogP contribution in [0.25, 0.3) is 0 Å². The molecule has 1 rings (SSSR count). The van der Waals surface area contributed by atoms with Gasteiger partial charge in [0.2, 0.25) is 0 Å². The zero-order chi connectivity index (χ0) is 13.4. The van der Waals surface area contributed by atoms with Gasteiger partial charge in [-0.15, -0.1) is 0 Å². The second-order valence-electron chi connectivity index (χ2n) is 3.74. The molecule has 0 heterocycles. The molecule has 0 saturated heterocycles. The van der Waals surface area contributed by atoms with Gasteiger partial charge in [-0.1, -0.05) is 36.9 Å². The third-order valence-electron chi connectivity index (χ3n) is 2.56. The van der Waals surface area contributed by atoms with Gasteiger partial charge in [0.15, 0.2) is 0 Å². The van der Waals surface area contributed by atoms with Crippen molar-refractivity contribution in [2.24, 2.45) is 0 Å². The first-order chi connectivity index (χ1) is 8.62. The molecule has 0 radical (unpaired) electrons. The van der Waals surface area contributed by atoms with E-state index in [9.17, 15) is 4.79 Å². The van der Waals surface area contributed by atoms with Crippen LogP contribution in [0.4, 0.5) is 0 Å². The van der Waals surface area contributed by atoms with E-state index in [1.807, 2.05) is 36.9 Å². The number of rotatable bonds is 7. The Hall–Kier alpha value is -1.43. The third kappa shape index (κ3) is 4.10. The van der Waals surface area contributed by atoms with Crippen LogP contribution in [0.1, 0.15) is 0 Å². The standard InChI is InChI=1S/C13H18O4Si/c1-4-13(14)16-10-11-17-18(3,15-2)12-8-6-5-7-9-12/h4-9H,1,10-11H2,2-3H3. The smallest absolute Gasteiger partial charge is 0.369 e. The second kappa shape index (κ2) is 7.10. The van der Waals surface area contributed by atoms with E-state index in [0.717, 1.165) is 11.3 Å². The van der Waals surface area contributed by atoms with Crippen molar-refractivity contribution in [3.63, 3.8) is 0 Å². The summed E-state index contributed by atoms with van der Waals surface area (Å²) in [6, 6.07) is 9.79. The Labute approximate surface area is 108 Å². The maximum atomic E-state index is 10.9. The van der Waals surface area contributed by atoms with Crippen LogP contribution < -0.4 is 5.19 Å². The Morgan fingerprint density at radius 1 is 1.33 bits per heavy atom. The van der Waals surface area contributed by atoms with Crippen LogP contribution in [0.2, 0.25) is 6.55 Å². The van der Waals surface area contributed by atoms with Gasteiger partial charge in [-0.2, -0.15) is 0 Å². The molecule has 0 aliphatic rings. The maximum absolute atomic E-state index is 10.9. The van der Waals surface area contributed by atoms with Crippen LogP contribution in [-0.4, -0.2) is 34.9 Å². The Morgan fingerprint density at radius 2 is 2.00 bits per heavy atom. The maximum Gasteiger partial charge on any atom is 0.369 e. The molecule has 0 aliphatic carbocycles. The van der Waals surface area contributed by atoms with Crippen molar-refractivity contribution in [1.29, 1.82) is 0 Å². The Bertz CT molecular complexity index is 393. The molecule has 5 heteroatoms. The molecule has 1 aromatic carbocycles. The lowest BCUT2D eigenvalue weighted by Gasteiger charge is -2.25. The van der Waals surface area contributed by atoms with Crippen molar-refractivity contribution >= 4 is 19.7 Å². The number of esters is 1. The normalized spacial score (nSPS) is 13.7. The van der Waals surface area contributed by atoms with Gasteiger partial charge in [-0.05, 0) is 11.7 Å². The van der Waals surface area contributed by atoms with Crippen LogP contribution in [0.3, 0.4) is 0 Å². The van der Waals surface area contributed by atoms with Crippen molar-refractivity contribution in [2.75, 3.05) is 20.3 Å². The first kappa shape index (κ1) is 14.6. The van der Waals surface area contributed by atoms with Crippen LogP contribution in [0.5, 0.6) is 0 Å². The minimum absolute atomic E-state index is 0.198. The molecule has 0 amide bonds. The molecule has 98 valence electrons. The van der Waals surface area contributed by atoms with E-state index < -0.39 is 14.5 Å². The Kier molecular flexibility index (Phi) is 5.77. The van der Waals surface area contributed by atoms with Gasteiger partial charge in [0.1, 0.15) is 6.61 Å². The van der Waals surface area contributed by atoms with Crippen LogP contribution >= 0.6 is 0 Å². The third-order valence-corrected chi connectivity index (χ3v) is 5.48. The predicted octanol–water partition coefficient (Wildman–Crippen LogP) is 1.36. The number of carbonyl (C=O) groups excluding carboxylic acids is 1. The van der Waals surface area contributed by atoms with Crippen molar-refractivity contribution in [3.05, 3.63) is 43.0 Å². The van der Waals surface area contributed by atoms with E-state index >= 15 is 0 Å². The molecule has 1 aromatic rings. The largest absolute Gasteiger partial charge is 0.460 e. The van der Waals surface area contributed by atoms with Crippen LogP contribution in [0.15, 0.2) is 43.0 Å². The monoisotopic (exact) mass is 266 g/mol. The molecule has 1 unspecified atom stereocenters. The molecule has 0 bridgehead atoms. The predicted molar refractivity (Wildman–Crippen MR) is 71.8 cm³/mol. The fourth-order valence-electron chi connectivity index (χ4n) is 1.44. The molecule has 1 atom stereocenters. The quantitative estimate of drug-likeness (QED) is 0.323. The summed E-state index contributed by atoms with van der Waals surface area (Å²) in [6.07, 6.45) is 1.13. The first-order valence-corrected chi connectivity index (χ1v) is 7.98. The SMILES string of the molecule is C=CC(=O)OCCO[Si](C)(OC)c1ccccc1. The second-order valence-corrected chi connectivity index (χ2v) is 6.90. The topological polar surface area (TPSA) is 44.8 Å². The van der Waals surface area contributed by atoms with Gasteiger partial charge < -0.3 is 13.6 Å². The summed E-state index contributed by atoms with van der Waals surface area (Å²) in [5.74, 6) is -0.445. The van der Waals surface area contributed by atoms with Crippen molar-refractivity contribution in [3.8, 4) is 0 Å². The summed E-state index contributed by atoms with van der Waals surface area (Å²) in [5.41, 5.74) is 0. The molecule has 0 aromatic heterocycles. The van der Waals surface area contributed by atoms with Gasteiger partial charge in [-0.3, -0.25) is 0 Å². The highest BCUT2D eigenvalue weighted by atomic mass is 28.4. The lowest BCUT2D eigenvalue weighted by molar-refractivity contribution is -0.138. The van der Waals surface area contributed by atoms with E-state index in [4.69, 9.17) is 13.6 Å². The summed E-state index contributed by atoms with van der Waals surface area (Å²) in [6.45, 7) is 5.79. The Balaban J connectivity index is 2.51. The van der Waals surface area contributed by atoms with Gasteiger partial charge in [0.25, 0.3) is 0 Å². The highest BCUT2D eigenvalue weighted by Crippen LogP contribution is 2.06. The molecule has 0 spiro atoms. The number of hydrogen-bond donors (Lipinski definition) is 0. The number of ether oxygens (including phenoxy) is 1. The first-order valence-electron chi connectivity index (χ1n) is 5.66. The van der Waals surface area contributed by atoms with Crippen LogP contribution in [0, 0.1) is 0 Å². The minimum atomic E-state index is -2.40. The summed E-state index contributed by atoms with van der Waals surface area (Å²) >= 11 is 0. The average Bonchev–Trinajstić information content (AvgIpc) is 2.44. The van der Waals surface area contributed by atoms with Crippen molar-refractivity contribution < 1.29 is 18.4 Å². The highest BCUT2D eigenvalue weighted by molar-refractivity contribution is 6.79. The van der Waals surface area contributed by atoms with Gasteiger partial charge in [0, 0.05) is 13.2 Å². The lowest BCUT2D eigenvalue weighted by atomic mass is 10.4. The molecule has 4 nitrogen and oxygen atoms in total. The molecule has 18 heavy (non-hydrogen) atoms. The molecule has 0 saturated carbocycles. The number of hydrogen-bond acceptors (Lipinski definition) is 4. The van der Waals surface area contributed by atoms with E-state index in [0.29, 0.717) is 6.61 Å². The summed E-state index contributed by atoms with van der Waals surface area (Å²) in [4.78, 5) is 10.9. The van der Waals surface area contributed by atoms with E-state index in [1.54, 1.807) is 7.11 Å². The number of benzene rings is 1. The minimum Gasteiger partial charge on any atom is -0.460 e. The van der Waals surface area contributed by atoms with Crippen LogP contribution in [-0.2, 0) is 18.4 Å². The Morgan fingerprint density at radius 3 is 2.56 bits per heavy atom. The fraction of sp³-hybridized carbons (Fsp3) is 0.308. The zero-order valence-electron chi connectivity index (χ0n) is 10.7. The summed E-state index contributed by atoms with van der Waals surface area (Å²) < 4.78 is 16.1. The van der Waals surface area contributed by atoms with E-state index in [1.165, 1.54) is 0 Å². The van der Waals surface area contributed by atoms with Crippen molar-refractivity contribution in [2.45, 2.75) is 6.55 Å². The molecule has 0 N–H and O–H groups in total. The zero-order valence-corrected chi connectivity index (χ0v) is 11.7. The molecular weight excluding hydrogens is 248 g/mol. The van der Waals surface area contributed by atoms with Crippen molar-refractivity contribution in [1.82, 2.24) is 0 Å². The molecule has 0 fully saturated rings. The summed E-state index contributed by atoms with van der Waals surface area (Å²) in [7, 11) is -0.765. The van der Waals surface area contributed by atoms with E-state index in [-0.39, 0.29) is 6.61 Å². The van der Waals surface area contributed by atoms with Gasteiger partial charge in [0.05, 0.1) is 6.61 Å². The van der Waals surface area contributed by atoms with Gasteiger partial charge in [-0.25, -0.2) is 4.79 Å².